The van der Waals surface area contributed by atoms with E-state index in [1.165, 1.54) is 6.92 Å². The first-order valence-electron chi connectivity index (χ1n) is 5.42. The van der Waals surface area contributed by atoms with Gasteiger partial charge in [0.15, 0.2) is 0 Å². The van der Waals surface area contributed by atoms with E-state index in [1.807, 2.05) is 13.8 Å². The van der Waals surface area contributed by atoms with Gasteiger partial charge >= 0.3 is 0 Å². The average Bonchev–Trinajstić information content (AvgIpc) is 2.21. The topological polar surface area (TPSA) is 62.2 Å². The fourth-order valence-electron chi connectivity index (χ4n) is 1.21. The lowest BCUT2D eigenvalue weighted by atomic mass is 10.1. The Labute approximate surface area is 103 Å². The number of hydrogen-bond acceptors (Lipinski definition) is 3. The number of nitrogens with one attached hydrogen (secondary N) is 2. The fourth-order valence-corrected chi connectivity index (χ4v) is 1.21. The Bertz CT molecular complexity index is 366. The van der Waals surface area contributed by atoms with Crippen LogP contribution in [-0.2, 0) is 9.53 Å². The van der Waals surface area contributed by atoms with Crippen LogP contribution in [0.15, 0.2) is 35.8 Å². The molecule has 1 amide bonds. The second kappa shape index (κ2) is 7.44. The van der Waals surface area contributed by atoms with Crippen molar-refractivity contribution < 1.29 is 9.53 Å². The van der Waals surface area contributed by atoms with Gasteiger partial charge in [0.1, 0.15) is 5.76 Å². The van der Waals surface area contributed by atoms with Crippen molar-refractivity contribution >= 4 is 12.1 Å². The maximum atomic E-state index is 11.0. The minimum absolute atomic E-state index is 0.0283. The lowest BCUT2D eigenvalue weighted by Gasteiger charge is -2.12. The van der Waals surface area contributed by atoms with E-state index in [0.29, 0.717) is 17.0 Å². The third kappa shape index (κ3) is 6.35. The summed E-state index contributed by atoms with van der Waals surface area (Å²) in [5.41, 5.74) is 1.12. The predicted molar refractivity (Wildman–Crippen MR) is 69.8 cm³/mol. The van der Waals surface area contributed by atoms with Crippen LogP contribution in [0, 0.1) is 5.41 Å². The van der Waals surface area contributed by atoms with Crippen molar-refractivity contribution in [2.24, 2.45) is 0 Å². The van der Waals surface area contributed by atoms with Crippen molar-refractivity contribution in [1.82, 2.24) is 5.32 Å². The van der Waals surface area contributed by atoms with Gasteiger partial charge in [-0.1, -0.05) is 12.7 Å². The first-order valence-corrected chi connectivity index (χ1v) is 5.42. The zero-order valence-electron chi connectivity index (χ0n) is 10.8. The molecule has 0 saturated carbocycles. The van der Waals surface area contributed by atoms with Crippen LogP contribution in [0.3, 0.4) is 0 Å². The van der Waals surface area contributed by atoms with Crippen LogP contribution >= 0.6 is 0 Å². The first kappa shape index (κ1) is 15.2. The summed E-state index contributed by atoms with van der Waals surface area (Å²) in [7, 11) is 0. The molecule has 0 spiro atoms. The highest BCUT2D eigenvalue weighted by Crippen LogP contribution is 2.10. The van der Waals surface area contributed by atoms with Crippen LogP contribution in [0.2, 0.25) is 0 Å². The molecule has 0 atom stereocenters. The summed E-state index contributed by atoms with van der Waals surface area (Å²) in [6.07, 6.45) is 4.53. The van der Waals surface area contributed by atoms with Gasteiger partial charge in [0.25, 0.3) is 0 Å². The summed E-state index contributed by atoms with van der Waals surface area (Å²) in [5.74, 6) is 0.282. The number of carbonyl (C=O) groups is 1. The van der Waals surface area contributed by atoms with Crippen molar-refractivity contribution in [3.8, 4) is 0 Å². The molecule has 0 aliphatic carbocycles. The van der Waals surface area contributed by atoms with Crippen molar-refractivity contribution in [2.45, 2.75) is 33.8 Å². The molecule has 0 heterocycles. The van der Waals surface area contributed by atoms with Crippen LogP contribution in [0.4, 0.5) is 0 Å². The monoisotopic (exact) mass is 236 g/mol. The minimum atomic E-state index is -0.179. The smallest absolute Gasteiger partial charge is 0.221 e. The zero-order chi connectivity index (χ0) is 13.4. The van der Waals surface area contributed by atoms with Crippen LogP contribution in [0.25, 0.3) is 0 Å². The molecule has 0 rings (SSSR count). The quantitative estimate of drug-likeness (QED) is 0.423. The van der Waals surface area contributed by atoms with Gasteiger partial charge in [-0.3, -0.25) is 4.79 Å². The number of ether oxygens (including phenoxy) is 1. The van der Waals surface area contributed by atoms with E-state index in [1.54, 1.807) is 19.1 Å². The minimum Gasteiger partial charge on any atom is -0.492 e. The van der Waals surface area contributed by atoms with E-state index in [-0.39, 0.29) is 12.0 Å². The lowest BCUT2D eigenvalue weighted by Crippen LogP contribution is -2.21. The molecule has 2 N–H and O–H groups in total. The van der Waals surface area contributed by atoms with Crippen molar-refractivity contribution in [1.29, 1.82) is 5.41 Å². The highest BCUT2D eigenvalue weighted by Gasteiger charge is 2.05. The van der Waals surface area contributed by atoms with E-state index >= 15 is 0 Å². The molecular weight excluding hydrogens is 216 g/mol. The van der Waals surface area contributed by atoms with Gasteiger partial charge in [-0.2, -0.15) is 0 Å². The number of carbonyl (C=O) groups excluding carboxylic acids is 1. The van der Waals surface area contributed by atoms with Gasteiger partial charge in [-0.05, 0) is 26.8 Å². The molecule has 0 radical (unpaired) electrons. The summed E-state index contributed by atoms with van der Waals surface area (Å²) in [4.78, 5) is 11.0. The molecule has 0 aliphatic heterocycles. The molecule has 0 unspecified atom stereocenters. The molecule has 17 heavy (non-hydrogen) atoms. The van der Waals surface area contributed by atoms with Crippen LogP contribution in [0.1, 0.15) is 27.7 Å². The largest absolute Gasteiger partial charge is 0.492 e. The second-order valence-corrected chi connectivity index (χ2v) is 3.76. The average molecular weight is 236 g/mol. The third-order valence-corrected chi connectivity index (χ3v) is 1.77. The molecule has 0 bridgehead atoms. The van der Waals surface area contributed by atoms with E-state index in [0.717, 1.165) is 6.21 Å². The van der Waals surface area contributed by atoms with Gasteiger partial charge in [-0.25, -0.2) is 0 Å². The van der Waals surface area contributed by atoms with Gasteiger partial charge in [0.05, 0.1) is 6.10 Å². The molecule has 4 heteroatoms. The third-order valence-electron chi connectivity index (χ3n) is 1.77. The molecule has 0 aromatic carbocycles. The van der Waals surface area contributed by atoms with Crippen molar-refractivity contribution in [2.75, 3.05) is 0 Å². The van der Waals surface area contributed by atoms with Crippen LogP contribution in [0.5, 0.6) is 0 Å². The number of allylic oxidation sites excluding steroid dienone is 3. The Hall–Kier alpha value is -1.84. The molecule has 0 aromatic rings. The molecule has 0 saturated heterocycles. The molecule has 0 fully saturated rings. The van der Waals surface area contributed by atoms with Gasteiger partial charge in [0, 0.05) is 24.4 Å². The van der Waals surface area contributed by atoms with Gasteiger partial charge in [0.2, 0.25) is 5.91 Å². The number of hydrogen-bond donors (Lipinski definition) is 2. The summed E-state index contributed by atoms with van der Waals surface area (Å²) >= 11 is 0. The zero-order valence-corrected chi connectivity index (χ0v) is 10.8. The van der Waals surface area contributed by atoms with Crippen LogP contribution < -0.4 is 5.32 Å². The van der Waals surface area contributed by atoms with Gasteiger partial charge in [-0.15, -0.1) is 0 Å². The lowest BCUT2D eigenvalue weighted by molar-refractivity contribution is -0.118. The molecule has 0 aromatic heterocycles. The fraction of sp³-hybridized carbons (Fsp3) is 0.385. The maximum absolute atomic E-state index is 11.0. The Kier molecular flexibility index (Phi) is 6.63. The molecule has 0 aliphatic rings. The number of rotatable bonds is 6. The predicted octanol–water partition coefficient (Wildman–Crippen LogP) is 2.54. The second-order valence-electron chi connectivity index (χ2n) is 3.76. The Morgan fingerprint density at radius 3 is 2.41 bits per heavy atom. The van der Waals surface area contributed by atoms with Crippen LogP contribution in [-0.4, -0.2) is 18.2 Å². The molecule has 4 nitrogen and oxygen atoms in total. The highest BCUT2D eigenvalue weighted by atomic mass is 16.5. The standard InChI is InChI=1S/C13H20N2O2/c1-6-13(15-11(5)16)12(8-14)7-10(4)17-9(2)3/h6-9,14H,4H2,1-3,5H3,(H,15,16)/b12-7-,13-6+,14-8?. The maximum Gasteiger partial charge on any atom is 0.221 e. The molecular formula is C13H20N2O2. The van der Waals surface area contributed by atoms with Crippen molar-refractivity contribution in [3.05, 3.63) is 35.8 Å². The normalized spacial score (nSPS) is 12.3. The Morgan fingerprint density at radius 2 is 2.06 bits per heavy atom. The van der Waals surface area contributed by atoms with Crippen molar-refractivity contribution in [3.63, 3.8) is 0 Å². The first-order chi connectivity index (χ1) is 7.90. The number of amides is 1. The summed E-state index contributed by atoms with van der Waals surface area (Å²) < 4.78 is 5.37. The van der Waals surface area contributed by atoms with E-state index < -0.39 is 0 Å². The molecule has 94 valence electrons. The van der Waals surface area contributed by atoms with E-state index in [9.17, 15) is 4.79 Å². The SMILES string of the molecule is C=C(/C=C(C=N)\C(=C/C)NC(C)=O)OC(C)C. The highest BCUT2D eigenvalue weighted by molar-refractivity contribution is 5.86. The van der Waals surface area contributed by atoms with Gasteiger partial charge < -0.3 is 15.5 Å². The Balaban J connectivity index is 4.92. The Morgan fingerprint density at radius 1 is 1.47 bits per heavy atom. The van der Waals surface area contributed by atoms with E-state index in [2.05, 4.69) is 11.9 Å². The summed E-state index contributed by atoms with van der Waals surface area (Å²) in [6.45, 7) is 10.7. The summed E-state index contributed by atoms with van der Waals surface area (Å²) in [6, 6.07) is 0. The summed E-state index contributed by atoms with van der Waals surface area (Å²) in [5, 5.41) is 9.98. The van der Waals surface area contributed by atoms with E-state index in [4.69, 9.17) is 10.1 Å².